The second kappa shape index (κ2) is 11.0. The third-order valence-corrected chi connectivity index (χ3v) is 6.68. The van der Waals surface area contributed by atoms with E-state index in [9.17, 15) is 0 Å². The first-order valence-corrected chi connectivity index (χ1v) is 12.6. The number of halogens is 1. The number of allylic oxidation sites excluding steroid dienone is 2. The summed E-state index contributed by atoms with van der Waals surface area (Å²) in [6, 6.07) is 22.3. The number of hydrogen-bond donors (Lipinski definition) is 2. The highest BCUT2D eigenvalue weighted by Gasteiger charge is 2.25. The van der Waals surface area contributed by atoms with Crippen LogP contribution in [0.5, 0.6) is 0 Å². The fourth-order valence-corrected chi connectivity index (χ4v) is 4.87. The van der Waals surface area contributed by atoms with Crippen molar-refractivity contribution in [2.75, 3.05) is 31.6 Å². The number of hydrogen-bond acceptors (Lipinski definition) is 4. The number of benzene rings is 3. The van der Waals surface area contributed by atoms with Crippen molar-refractivity contribution in [2.45, 2.75) is 12.8 Å². The molecule has 178 valence electrons. The van der Waals surface area contributed by atoms with E-state index in [0.717, 1.165) is 66.2 Å². The first-order valence-electron chi connectivity index (χ1n) is 11.8. The molecule has 1 heterocycles. The minimum Gasteiger partial charge on any atom is -0.378 e. The van der Waals surface area contributed by atoms with Gasteiger partial charge in [-0.1, -0.05) is 60.1 Å². The van der Waals surface area contributed by atoms with Crippen LogP contribution in [0.2, 0.25) is 5.02 Å². The van der Waals surface area contributed by atoms with Crippen LogP contribution in [0.4, 0.5) is 5.69 Å². The normalized spacial score (nSPS) is 17.5. The molecule has 2 N–H and O–H groups in total. The van der Waals surface area contributed by atoms with E-state index in [1.54, 1.807) is 0 Å². The van der Waals surface area contributed by atoms with E-state index >= 15 is 0 Å². The van der Waals surface area contributed by atoms with E-state index in [0.29, 0.717) is 5.11 Å². The van der Waals surface area contributed by atoms with Gasteiger partial charge in [0.1, 0.15) is 0 Å². The van der Waals surface area contributed by atoms with Crippen LogP contribution in [0, 0.1) is 0 Å². The number of morpholine rings is 1. The number of ether oxygens (including phenoxy) is 1. The van der Waals surface area contributed by atoms with Gasteiger partial charge in [0.15, 0.2) is 5.11 Å². The molecule has 0 spiro atoms. The Kier molecular flexibility index (Phi) is 7.42. The number of thiocarbonyl (C=S) groups is 1. The SMILES string of the molecule is S=C(N/N=C/C1=C(N2CCOCC2)C(=C/c2ccc(Cl)cc2)/CC1)Nc1cccc2ccccc12. The summed E-state index contributed by atoms with van der Waals surface area (Å²) in [5.74, 6) is 0. The summed E-state index contributed by atoms with van der Waals surface area (Å²) in [6.07, 6.45) is 6.06. The third kappa shape index (κ3) is 5.73. The molecular formula is C28H27ClN4OS. The minimum atomic E-state index is 0.459. The maximum absolute atomic E-state index is 6.07. The first-order chi connectivity index (χ1) is 17.2. The van der Waals surface area contributed by atoms with Crippen molar-refractivity contribution in [1.82, 2.24) is 10.3 Å². The molecule has 35 heavy (non-hydrogen) atoms. The maximum atomic E-state index is 6.07. The number of nitrogens with zero attached hydrogens (tertiary/aromatic N) is 2. The van der Waals surface area contributed by atoms with E-state index in [4.69, 9.17) is 28.6 Å². The smallest absolute Gasteiger partial charge is 0.191 e. The lowest BCUT2D eigenvalue weighted by Gasteiger charge is -2.31. The highest BCUT2D eigenvalue weighted by molar-refractivity contribution is 7.80. The summed E-state index contributed by atoms with van der Waals surface area (Å²) in [5, 5.41) is 11.2. The van der Waals surface area contributed by atoms with Crippen LogP contribution in [0.3, 0.4) is 0 Å². The zero-order valence-corrected chi connectivity index (χ0v) is 20.9. The molecule has 7 heteroatoms. The van der Waals surface area contributed by atoms with Crippen LogP contribution in [-0.4, -0.2) is 42.5 Å². The molecule has 2 aliphatic rings. The van der Waals surface area contributed by atoms with Crippen LogP contribution < -0.4 is 10.7 Å². The predicted molar refractivity (Wildman–Crippen MR) is 150 cm³/mol. The first kappa shape index (κ1) is 23.5. The van der Waals surface area contributed by atoms with Crippen molar-refractivity contribution < 1.29 is 4.74 Å². The lowest BCUT2D eigenvalue weighted by molar-refractivity contribution is 0.0548. The third-order valence-electron chi connectivity index (χ3n) is 6.23. The molecule has 3 aromatic carbocycles. The van der Waals surface area contributed by atoms with E-state index < -0.39 is 0 Å². The average Bonchev–Trinajstić information content (AvgIpc) is 3.28. The van der Waals surface area contributed by atoms with Gasteiger partial charge in [0.2, 0.25) is 0 Å². The Morgan fingerprint density at radius 2 is 1.74 bits per heavy atom. The van der Waals surface area contributed by atoms with Crippen LogP contribution in [0.25, 0.3) is 16.8 Å². The zero-order valence-electron chi connectivity index (χ0n) is 19.3. The van der Waals surface area contributed by atoms with Crippen molar-refractivity contribution in [1.29, 1.82) is 0 Å². The molecule has 0 atom stereocenters. The van der Waals surface area contributed by atoms with Gasteiger partial charge in [0.25, 0.3) is 0 Å². The largest absolute Gasteiger partial charge is 0.378 e. The van der Waals surface area contributed by atoms with E-state index in [2.05, 4.69) is 57.2 Å². The number of fused-ring (bicyclic) bond motifs is 1. The lowest BCUT2D eigenvalue weighted by Crippen LogP contribution is -2.36. The Labute approximate surface area is 216 Å². The molecule has 0 unspecified atom stereocenters. The van der Waals surface area contributed by atoms with Crippen molar-refractivity contribution in [2.24, 2.45) is 5.10 Å². The molecule has 5 rings (SSSR count). The fraction of sp³-hybridized carbons (Fsp3) is 0.214. The lowest BCUT2D eigenvalue weighted by atomic mass is 10.1. The topological polar surface area (TPSA) is 48.9 Å². The molecule has 0 aromatic heterocycles. The van der Waals surface area contributed by atoms with Crippen LogP contribution in [0.15, 0.2) is 88.7 Å². The standard InChI is InChI=1S/C28H27ClN4OS/c29-24-12-8-20(9-13-24)18-22-10-11-23(27(22)33-14-16-34-17-15-33)19-30-32-28(35)31-26-7-3-5-21-4-1-2-6-25(21)26/h1-9,12-13,18-19H,10-11,14-17H2,(H2,31,32,35)/b22-18+,30-19+. The number of rotatable bonds is 5. The van der Waals surface area contributed by atoms with Crippen molar-refractivity contribution in [3.8, 4) is 0 Å². The minimum absolute atomic E-state index is 0.459. The summed E-state index contributed by atoms with van der Waals surface area (Å²) in [4.78, 5) is 2.41. The summed E-state index contributed by atoms with van der Waals surface area (Å²) in [6.45, 7) is 3.22. The Balaban J connectivity index is 1.33. The van der Waals surface area contributed by atoms with Gasteiger partial charge in [0.05, 0.1) is 19.4 Å². The summed E-state index contributed by atoms with van der Waals surface area (Å²) >= 11 is 11.6. The maximum Gasteiger partial charge on any atom is 0.191 e. The van der Waals surface area contributed by atoms with E-state index in [-0.39, 0.29) is 0 Å². The Bertz CT molecular complexity index is 1300. The Hall–Kier alpha value is -3.19. The number of hydrazone groups is 1. The van der Waals surface area contributed by atoms with Gasteiger partial charge in [-0.25, -0.2) is 0 Å². The fourth-order valence-electron chi connectivity index (χ4n) is 4.59. The van der Waals surface area contributed by atoms with Crippen molar-refractivity contribution in [3.63, 3.8) is 0 Å². The highest BCUT2D eigenvalue weighted by atomic mass is 35.5. The summed E-state index contributed by atoms with van der Waals surface area (Å²) in [5.41, 5.74) is 8.86. The van der Waals surface area contributed by atoms with Gasteiger partial charge in [-0.3, -0.25) is 5.43 Å². The number of anilines is 1. The van der Waals surface area contributed by atoms with Gasteiger partial charge in [-0.2, -0.15) is 5.10 Å². The molecule has 0 radical (unpaired) electrons. The monoisotopic (exact) mass is 502 g/mol. The summed E-state index contributed by atoms with van der Waals surface area (Å²) in [7, 11) is 0. The van der Waals surface area contributed by atoms with Gasteiger partial charge >= 0.3 is 0 Å². The molecule has 0 bridgehead atoms. The van der Waals surface area contributed by atoms with E-state index in [1.807, 2.05) is 42.6 Å². The van der Waals surface area contributed by atoms with Gasteiger partial charge in [0, 0.05) is 34.9 Å². The quantitative estimate of drug-likeness (QED) is 0.246. The Morgan fingerprint density at radius 1 is 0.971 bits per heavy atom. The van der Waals surface area contributed by atoms with E-state index in [1.165, 1.54) is 16.8 Å². The summed E-state index contributed by atoms with van der Waals surface area (Å²) < 4.78 is 5.59. The van der Waals surface area contributed by atoms with Crippen LogP contribution in [-0.2, 0) is 4.74 Å². The van der Waals surface area contributed by atoms with Crippen LogP contribution >= 0.6 is 23.8 Å². The number of nitrogens with one attached hydrogen (secondary N) is 2. The average molecular weight is 503 g/mol. The second-order valence-corrected chi connectivity index (χ2v) is 9.39. The molecule has 1 saturated heterocycles. The second-order valence-electron chi connectivity index (χ2n) is 8.55. The molecule has 1 aliphatic carbocycles. The van der Waals surface area contributed by atoms with Crippen LogP contribution in [0.1, 0.15) is 18.4 Å². The predicted octanol–water partition coefficient (Wildman–Crippen LogP) is 6.23. The molecule has 5 nitrogen and oxygen atoms in total. The van der Waals surface area contributed by atoms with Crippen molar-refractivity contribution >= 4 is 57.7 Å². The highest BCUT2D eigenvalue weighted by Crippen LogP contribution is 2.35. The molecule has 0 saturated carbocycles. The Morgan fingerprint density at radius 3 is 2.57 bits per heavy atom. The zero-order chi connectivity index (χ0) is 24.0. The van der Waals surface area contributed by atoms with Gasteiger partial charge in [-0.15, -0.1) is 0 Å². The molecule has 3 aromatic rings. The molecular weight excluding hydrogens is 476 g/mol. The molecule has 0 amide bonds. The van der Waals surface area contributed by atoms with Gasteiger partial charge < -0.3 is 15.0 Å². The van der Waals surface area contributed by atoms with Crippen molar-refractivity contribution in [3.05, 3.63) is 94.2 Å². The molecule has 1 fully saturated rings. The van der Waals surface area contributed by atoms with Gasteiger partial charge in [-0.05, 0) is 71.4 Å². The molecule has 1 aliphatic heterocycles.